The molecular formula is C7H10ClN3. The van der Waals surface area contributed by atoms with Gasteiger partial charge in [0.15, 0.2) is 0 Å². The van der Waals surface area contributed by atoms with Gasteiger partial charge in [0.25, 0.3) is 0 Å². The van der Waals surface area contributed by atoms with Crippen LogP contribution in [0.15, 0.2) is 6.33 Å². The molecular weight excluding hydrogens is 162 g/mol. The van der Waals surface area contributed by atoms with Gasteiger partial charge in [-0.2, -0.15) is 5.10 Å². The highest BCUT2D eigenvalue weighted by Gasteiger charge is 2.19. The number of aromatic nitrogens is 3. The molecule has 2 rings (SSSR count). The first-order valence-electron chi connectivity index (χ1n) is 3.93. The van der Waals surface area contributed by atoms with E-state index in [4.69, 9.17) is 11.6 Å². The summed E-state index contributed by atoms with van der Waals surface area (Å²) in [5, 5.41) is 4.60. The van der Waals surface area contributed by atoms with Crippen molar-refractivity contribution in [2.75, 3.05) is 0 Å². The number of hydrogen-bond donors (Lipinski definition) is 0. The number of rotatable bonds is 1. The summed E-state index contributed by atoms with van der Waals surface area (Å²) >= 11 is 5.81. The lowest BCUT2D eigenvalue weighted by Gasteiger charge is -2.08. The molecule has 1 aromatic heterocycles. The van der Waals surface area contributed by atoms with E-state index in [0.717, 1.165) is 0 Å². The lowest BCUT2D eigenvalue weighted by molar-refractivity contribution is 0.466. The van der Waals surface area contributed by atoms with Crippen molar-refractivity contribution in [1.82, 2.24) is 14.8 Å². The Morgan fingerprint density at radius 3 is 2.73 bits per heavy atom. The van der Waals surface area contributed by atoms with Crippen LogP contribution < -0.4 is 0 Å². The predicted octanol–water partition coefficient (Wildman–Crippen LogP) is 2.05. The zero-order valence-electron chi connectivity index (χ0n) is 6.20. The van der Waals surface area contributed by atoms with Crippen LogP contribution in [-0.2, 0) is 0 Å². The Morgan fingerprint density at radius 2 is 2.18 bits per heavy atom. The van der Waals surface area contributed by atoms with Crippen LogP contribution in [0.5, 0.6) is 0 Å². The highest BCUT2D eigenvalue weighted by molar-refractivity contribution is 6.28. The molecule has 11 heavy (non-hydrogen) atoms. The maximum Gasteiger partial charge on any atom is 0.221 e. The van der Waals surface area contributed by atoms with Crippen LogP contribution in [0.4, 0.5) is 0 Å². The molecule has 0 N–H and O–H groups in total. The highest BCUT2D eigenvalue weighted by Crippen LogP contribution is 2.30. The second-order valence-electron chi connectivity index (χ2n) is 2.91. The molecule has 0 spiro atoms. The lowest BCUT2D eigenvalue weighted by atomic mass is 10.3. The molecule has 0 bridgehead atoms. The maximum atomic E-state index is 5.81. The lowest BCUT2D eigenvalue weighted by Crippen LogP contribution is -2.06. The van der Waals surface area contributed by atoms with Crippen molar-refractivity contribution in [3.8, 4) is 0 Å². The quantitative estimate of drug-likeness (QED) is 0.648. The number of halogens is 1. The Balaban J connectivity index is 2.21. The van der Waals surface area contributed by atoms with Gasteiger partial charge in [-0.25, -0.2) is 9.67 Å². The summed E-state index contributed by atoms with van der Waals surface area (Å²) in [6.45, 7) is 0. The summed E-state index contributed by atoms with van der Waals surface area (Å²) in [6, 6.07) is 0.505. The van der Waals surface area contributed by atoms with Gasteiger partial charge < -0.3 is 0 Å². The average molecular weight is 172 g/mol. The van der Waals surface area contributed by atoms with Gasteiger partial charge >= 0.3 is 0 Å². The third kappa shape index (κ3) is 1.25. The van der Waals surface area contributed by atoms with E-state index in [1.165, 1.54) is 32.0 Å². The van der Waals surface area contributed by atoms with Crippen molar-refractivity contribution in [2.45, 2.75) is 31.7 Å². The Morgan fingerprint density at radius 1 is 1.45 bits per heavy atom. The Kier molecular flexibility index (Phi) is 1.82. The SMILES string of the molecule is Clc1ncnn1C1CCCC1. The van der Waals surface area contributed by atoms with Gasteiger partial charge in [-0.15, -0.1) is 0 Å². The van der Waals surface area contributed by atoms with Crippen LogP contribution in [0.2, 0.25) is 5.28 Å². The van der Waals surface area contributed by atoms with E-state index in [0.29, 0.717) is 11.3 Å². The van der Waals surface area contributed by atoms with Crippen LogP contribution in [-0.4, -0.2) is 14.8 Å². The topological polar surface area (TPSA) is 30.7 Å². The molecule has 60 valence electrons. The van der Waals surface area contributed by atoms with Gasteiger partial charge in [0, 0.05) is 0 Å². The Hall–Kier alpha value is -0.570. The normalized spacial score (nSPS) is 19.4. The summed E-state index contributed by atoms with van der Waals surface area (Å²) in [6.07, 6.45) is 6.49. The molecule has 0 amide bonds. The van der Waals surface area contributed by atoms with Gasteiger partial charge in [-0.1, -0.05) is 12.8 Å². The molecule has 0 saturated heterocycles. The van der Waals surface area contributed by atoms with Crippen molar-refractivity contribution in [2.24, 2.45) is 0 Å². The molecule has 4 heteroatoms. The maximum absolute atomic E-state index is 5.81. The van der Waals surface area contributed by atoms with Crippen LogP contribution in [0.3, 0.4) is 0 Å². The summed E-state index contributed by atoms with van der Waals surface area (Å²) in [4.78, 5) is 3.88. The van der Waals surface area contributed by atoms with E-state index in [1.807, 2.05) is 4.68 Å². The summed E-state index contributed by atoms with van der Waals surface area (Å²) in [7, 11) is 0. The molecule has 0 aliphatic heterocycles. The van der Waals surface area contributed by atoms with Crippen molar-refractivity contribution < 1.29 is 0 Å². The van der Waals surface area contributed by atoms with E-state index < -0.39 is 0 Å². The molecule has 1 aliphatic rings. The van der Waals surface area contributed by atoms with Crippen LogP contribution in [0, 0.1) is 0 Å². The van der Waals surface area contributed by atoms with Crippen LogP contribution in [0.25, 0.3) is 0 Å². The molecule has 1 fully saturated rings. The summed E-state index contributed by atoms with van der Waals surface area (Å²) in [5.74, 6) is 0. The second-order valence-corrected chi connectivity index (χ2v) is 3.25. The number of nitrogens with zero attached hydrogens (tertiary/aromatic N) is 3. The molecule has 0 atom stereocenters. The third-order valence-electron chi connectivity index (χ3n) is 2.20. The zero-order chi connectivity index (χ0) is 7.68. The molecule has 0 radical (unpaired) electrons. The van der Waals surface area contributed by atoms with E-state index in [-0.39, 0.29) is 0 Å². The van der Waals surface area contributed by atoms with Gasteiger partial charge in [-0.3, -0.25) is 0 Å². The van der Waals surface area contributed by atoms with Gasteiger partial charge in [0.2, 0.25) is 5.28 Å². The van der Waals surface area contributed by atoms with Gasteiger partial charge in [0.1, 0.15) is 6.33 Å². The largest absolute Gasteiger partial charge is 0.233 e. The Labute approximate surface area is 70.4 Å². The predicted molar refractivity (Wildman–Crippen MR) is 42.5 cm³/mol. The second kappa shape index (κ2) is 2.81. The van der Waals surface area contributed by atoms with Crippen molar-refractivity contribution in [1.29, 1.82) is 0 Å². The minimum Gasteiger partial charge on any atom is -0.233 e. The average Bonchev–Trinajstić information content (AvgIpc) is 2.55. The third-order valence-corrected chi connectivity index (χ3v) is 2.47. The molecule has 3 nitrogen and oxygen atoms in total. The van der Waals surface area contributed by atoms with E-state index in [1.54, 1.807) is 0 Å². The number of hydrogen-bond acceptors (Lipinski definition) is 2. The smallest absolute Gasteiger partial charge is 0.221 e. The molecule has 1 aliphatic carbocycles. The summed E-state index contributed by atoms with van der Waals surface area (Å²) < 4.78 is 1.83. The van der Waals surface area contributed by atoms with Gasteiger partial charge in [-0.05, 0) is 24.4 Å². The van der Waals surface area contributed by atoms with Crippen molar-refractivity contribution in [3.05, 3.63) is 11.6 Å². The fraction of sp³-hybridized carbons (Fsp3) is 0.714. The first kappa shape index (κ1) is 7.10. The first-order valence-corrected chi connectivity index (χ1v) is 4.31. The van der Waals surface area contributed by atoms with Crippen molar-refractivity contribution in [3.63, 3.8) is 0 Å². The van der Waals surface area contributed by atoms with Crippen molar-refractivity contribution >= 4 is 11.6 Å². The molecule has 1 saturated carbocycles. The standard InChI is InChI=1S/C7H10ClN3/c8-7-9-5-10-11(7)6-3-1-2-4-6/h5-6H,1-4H2. The van der Waals surface area contributed by atoms with E-state index in [2.05, 4.69) is 10.1 Å². The van der Waals surface area contributed by atoms with E-state index >= 15 is 0 Å². The molecule has 1 aromatic rings. The minimum atomic E-state index is 0.505. The molecule has 0 unspecified atom stereocenters. The minimum absolute atomic E-state index is 0.505. The first-order chi connectivity index (χ1) is 5.38. The summed E-state index contributed by atoms with van der Waals surface area (Å²) in [5.41, 5.74) is 0. The fourth-order valence-electron chi connectivity index (χ4n) is 1.63. The van der Waals surface area contributed by atoms with Crippen LogP contribution in [0.1, 0.15) is 31.7 Å². The molecule has 1 heterocycles. The Bertz CT molecular complexity index is 240. The fourth-order valence-corrected chi connectivity index (χ4v) is 1.85. The highest BCUT2D eigenvalue weighted by atomic mass is 35.5. The monoisotopic (exact) mass is 171 g/mol. The van der Waals surface area contributed by atoms with E-state index in [9.17, 15) is 0 Å². The zero-order valence-corrected chi connectivity index (χ0v) is 6.96. The van der Waals surface area contributed by atoms with Gasteiger partial charge in [0.05, 0.1) is 6.04 Å². The van der Waals surface area contributed by atoms with Crippen LogP contribution >= 0.6 is 11.6 Å². The molecule has 0 aromatic carbocycles.